The van der Waals surface area contributed by atoms with E-state index in [-0.39, 0.29) is 11.3 Å². The number of amides is 1. The number of nitrogens with one attached hydrogen (secondary N) is 2. The molecule has 0 saturated heterocycles. The first kappa shape index (κ1) is 16.1. The number of hydrogen-bond acceptors (Lipinski definition) is 2. The number of rotatable bonds is 7. The molecule has 0 aliphatic heterocycles. The van der Waals surface area contributed by atoms with Crippen molar-refractivity contribution < 1.29 is 4.79 Å². The van der Waals surface area contributed by atoms with Crippen LogP contribution >= 0.6 is 11.6 Å². The molecule has 122 valence electrons. The molecule has 2 N–H and O–H groups in total. The molecule has 0 unspecified atom stereocenters. The number of aromatic amines is 1. The summed E-state index contributed by atoms with van der Waals surface area (Å²) in [5.41, 5.74) is 1.82. The average molecular weight is 332 g/mol. The molecule has 5 heteroatoms. The molecule has 0 spiro atoms. The Bertz CT molecular complexity index is 633. The molecule has 0 radical (unpaired) electrons. The lowest BCUT2D eigenvalue weighted by Crippen LogP contribution is -2.49. The normalized spacial score (nSPS) is 15.9. The van der Waals surface area contributed by atoms with Crippen LogP contribution < -0.4 is 5.32 Å². The van der Waals surface area contributed by atoms with Crippen LogP contribution in [0.5, 0.6) is 0 Å². The van der Waals surface area contributed by atoms with Gasteiger partial charge in [0.05, 0.1) is 17.4 Å². The maximum absolute atomic E-state index is 12.7. The zero-order valence-corrected chi connectivity index (χ0v) is 13.9. The number of aromatic nitrogens is 2. The van der Waals surface area contributed by atoms with E-state index in [1.165, 1.54) is 0 Å². The van der Waals surface area contributed by atoms with Gasteiger partial charge in [-0.3, -0.25) is 4.79 Å². The zero-order chi connectivity index (χ0) is 16.1. The van der Waals surface area contributed by atoms with Crippen LogP contribution in [0.3, 0.4) is 0 Å². The molecule has 1 fully saturated rings. The first-order chi connectivity index (χ1) is 11.2. The monoisotopic (exact) mass is 331 g/mol. The van der Waals surface area contributed by atoms with Gasteiger partial charge in [0.15, 0.2) is 0 Å². The van der Waals surface area contributed by atoms with Gasteiger partial charge in [-0.1, -0.05) is 30.2 Å². The van der Waals surface area contributed by atoms with Gasteiger partial charge in [-0.25, -0.2) is 4.98 Å². The Morgan fingerprint density at radius 3 is 2.65 bits per heavy atom. The maximum Gasteiger partial charge on any atom is 0.230 e. The van der Waals surface area contributed by atoms with E-state index in [0.29, 0.717) is 5.02 Å². The summed E-state index contributed by atoms with van der Waals surface area (Å²) in [7, 11) is 0. The fourth-order valence-electron chi connectivity index (χ4n) is 3.18. The van der Waals surface area contributed by atoms with Crippen LogP contribution in [0, 0.1) is 0 Å². The number of carbonyl (C=O) groups is 1. The Kier molecular flexibility index (Phi) is 5.01. The summed E-state index contributed by atoms with van der Waals surface area (Å²) < 4.78 is 0. The lowest BCUT2D eigenvalue weighted by molar-refractivity contribution is -0.129. The second-order valence-electron chi connectivity index (χ2n) is 6.22. The van der Waals surface area contributed by atoms with E-state index < -0.39 is 0 Å². The van der Waals surface area contributed by atoms with E-state index >= 15 is 0 Å². The third-order valence-corrected chi connectivity index (χ3v) is 4.99. The van der Waals surface area contributed by atoms with Gasteiger partial charge in [-0.05, 0) is 49.8 Å². The van der Waals surface area contributed by atoms with Gasteiger partial charge in [-0.15, -0.1) is 0 Å². The first-order valence-corrected chi connectivity index (χ1v) is 8.60. The van der Waals surface area contributed by atoms with Crippen molar-refractivity contribution in [2.75, 3.05) is 6.54 Å². The van der Waals surface area contributed by atoms with E-state index in [4.69, 9.17) is 11.6 Å². The predicted molar refractivity (Wildman–Crippen MR) is 91.5 cm³/mol. The fraction of sp³-hybridized carbons (Fsp3) is 0.444. The molecule has 1 aliphatic carbocycles. The topological polar surface area (TPSA) is 57.8 Å². The minimum absolute atomic E-state index is 0.158. The highest BCUT2D eigenvalue weighted by Gasteiger charge is 2.45. The summed E-state index contributed by atoms with van der Waals surface area (Å²) >= 11 is 5.96. The van der Waals surface area contributed by atoms with Crippen LogP contribution in [-0.2, 0) is 16.6 Å². The summed E-state index contributed by atoms with van der Waals surface area (Å²) in [6.07, 6.45) is 9.51. The van der Waals surface area contributed by atoms with Gasteiger partial charge >= 0.3 is 0 Å². The molecule has 1 aromatic carbocycles. The van der Waals surface area contributed by atoms with E-state index in [9.17, 15) is 4.79 Å². The molecular weight excluding hydrogens is 310 g/mol. The smallest absolute Gasteiger partial charge is 0.230 e. The highest BCUT2D eigenvalue weighted by molar-refractivity contribution is 6.30. The van der Waals surface area contributed by atoms with Crippen molar-refractivity contribution in [2.45, 2.75) is 43.9 Å². The van der Waals surface area contributed by atoms with E-state index in [2.05, 4.69) is 15.3 Å². The number of imidazole rings is 1. The number of aryl methyl sites for hydroxylation is 1. The van der Waals surface area contributed by atoms with Crippen molar-refractivity contribution in [1.82, 2.24) is 15.3 Å². The quantitative estimate of drug-likeness (QED) is 0.761. The third-order valence-electron chi connectivity index (χ3n) is 4.74. The number of H-pyrrole nitrogens is 1. The molecule has 1 aromatic heterocycles. The predicted octanol–water partition coefficient (Wildman–Crippen LogP) is 3.62. The number of nitrogens with zero attached hydrogens (tertiary/aromatic N) is 1. The van der Waals surface area contributed by atoms with Gasteiger partial charge in [0.2, 0.25) is 5.91 Å². The molecule has 4 nitrogen and oxygen atoms in total. The van der Waals surface area contributed by atoms with E-state index in [0.717, 1.165) is 56.3 Å². The van der Waals surface area contributed by atoms with Crippen molar-refractivity contribution in [3.63, 3.8) is 0 Å². The summed E-state index contributed by atoms with van der Waals surface area (Å²) in [5.74, 6) is 0.158. The Balaban J connectivity index is 1.49. The molecule has 1 saturated carbocycles. The largest absolute Gasteiger partial charge is 0.355 e. The Morgan fingerprint density at radius 2 is 2.04 bits per heavy atom. The average Bonchev–Trinajstić information content (AvgIpc) is 3.01. The van der Waals surface area contributed by atoms with Crippen molar-refractivity contribution in [2.24, 2.45) is 0 Å². The molecule has 3 rings (SSSR count). The lowest BCUT2D eigenvalue weighted by Gasteiger charge is -2.40. The second-order valence-corrected chi connectivity index (χ2v) is 6.65. The molecule has 1 amide bonds. The SMILES string of the molecule is O=C(NCCCCc1c[nH]cn1)C1(c2ccc(Cl)cc2)CCC1. The molecule has 2 aromatic rings. The summed E-state index contributed by atoms with van der Waals surface area (Å²) in [6.45, 7) is 0.721. The Morgan fingerprint density at radius 1 is 1.26 bits per heavy atom. The van der Waals surface area contributed by atoms with Crippen LogP contribution in [0.15, 0.2) is 36.8 Å². The van der Waals surface area contributed by atoms with Crippen molar-refractivity contribution in [3.8, 4) is 0 Å². The Labute approximate surface area is 141 Å². The standard InChI is InChI=1S/C18H22ClN3O/c19-15-7-5-14(6-8-15)18(9-3-10-18)17(23)21-11-2-1-4-16-12-20-13-22-16/h5-8,12-13H,1-4,9-11H2,(H,20,22)(H,21,23). The number of benzene rings is 1. The summed E-state index contributed by atoms with van der Waals surface area (Å²) in [4.78, 5) is 19.8. The lowest BCUT2D eigenvalue weighted by atomic mass is 9.64. The molecule has 0 bridgehead atoms. The van der Waals surface area contributed by atoms with Crippen molar-refractivity contribution >= 4 is 17.5 Å². The van der Waals surface area contributed by atoms with Gasteiger partial charge in [0, 0.05) is 17.8 Å². The molecule has 0 atom stereocenters. The van der Waals surface area contributed by atoms with Crippen LogP contribution in [0.1, 0.15) is 43.4 Å². The van der Waals surface area contributed by atoms with Gasteiger partial charge in [0.25, 0.3) is 0 Å². The molecule has 23 heavy (non-hydrogen) atoms. The number of halogens is 1. The minimum atomic E-state index is -0.340. The Hall–Kier alpha value is -1.81. The molecule has 1 heterocycles. The number of unbranched alkanes of at least 4 members (excludes halogenated alkanes) is 1. The number of hydrogen-bond donors (Lipinski definition) is 2. The summed E-state index contributed by atoms with van der Waals surface area (Å²) in [6, 6.07) is 7.71. The van der Waals surface area contributed by atoms with Crippen LogP contribution in [0.2, 0.25) is 5.02 Å². The fourth-order valence-corrected chi connectivity index (χ4v) is 3.30. The maximum atomic E-state index is 12.7. The summed E-state index contributed by atoms with van der Waals surface area (Å²) in [5, 5.41) is 3.83. The molecular formula is C18H22ClN3O. The first-order valence-electron chi connectivity index (χ1n) is 8.23. The van der Waals surface area contributed by atoms with Crippen LogP contribution in [0.25, 0.3) is 0 Å². The van der Waals surface area contributed by atoms with Gasteiger partial charge < -0.3 is 10.3 Å². The van der Waals surface area contributed by atoms with Crippen molar-refractivity contribution in [1.29, 1.82) is 0 Å². The van der Waals surface area contributed by atoms with Gasteiger partial charge in [0.1, 0.15) is 0 Å². The van der Waals surface area contributed by atoms with Crippen LogP contribution in [0.4, 0.5) is 0 Å². The minimum Gasteiger partial charge on any atom is -0.355 e. The van der Waals surface area contributed by atoms with Crippen molar-refractivity contribution in [3.05, 3.63) is 53.1 Å². The second kappa shape index (κ2) is 7.18. The van der Waals surface area contributed by atoms with E-state index in [1.54, 1.807) is 6.33 Å². The van der Waals surface area contributed by atoms with Crippen LogP contribution in [-0.4, -0.2) is 22.4 Å². The molecule has 1 aliphatic rings. The highest BCUT2D eigenvalue weighted by atomic mass is 35.5. The third kappa shape index (κ3) is 3.58. The van der Waals surface area contributed by atoms with Gasteiger partial charge in [-0.2, -0.15) is 0 Å². The number of carbonyl (C=O) groups excluding carboxylic acids is 1. The zero-order valence-electron chi connectivity index (χ0n) is 13.1. The highest BCUT2D eigenvalue weighted by Crippen LogP contribution is 2.44. The van der Waals surface area contributed by atoms with E-state index in [1.807, 2.05) is 30.5 Å².